The Morgan fingerprint density at radius 2 is 1.88 bits per heavy atom. The fourth-order valence-corrected chi connectivity index (χ4v) is 1.97. The Balaban J connectivity index is 2.08. The van der Waals surface area contributed by atoms with Crippen molar-refractivity contribution in [3.8, 4) is 11.5 Å². The summed E-state index contributed by atoms with van der Waals surface area (Å²) < 4.78 is 10.4. The average Bonchev–Trinajstić information content (AvgIpc) is 2.61. The number of nitro groups is 1. The third-order valence-electron chi connectivity index (χ3n) is 3.14. The lowest BCUT2D eigenvalue weighted by Crippen LogP contribution is -2.17. The predicted octanol–water partition coefficient (Wildman–Crippen LogP) is 2.38. The van der Waals surface area contributed by atoms with Gasteiger partial charge in [0.2, 0.25) is 0 Å². The van der Waals surface area contributed by atoms with Gasteiger partial charge in [-0.25, -0.2) is 5.43 Å². The minimum Gasteiger partial charge on any atom is -0.493 e. The zero-order valence-corrected chi connectivity index (χ0v) is 13.1. The number of hydrazone groups is 1. The van der Waals surface area contributed by atoms with E-state index in [4.69, 9.17) is 9.47 Å². The maximum Gasteiger partial charge on any atom is 0.271 e. The summed E-state index contributed by atoms with van der Waals surface area (Å²) >= 11 is 0. The smallest absolute Gasteiger partial charge is 0.271 e. The summed E-state index contributed by atoms with van der Waals surface area (Å²) in [6, 6.07) is 10.5. The van der Waals surface area contributed by atoms with Gasteiger partial charge in [0.05, 0.1) is 25.4 Å². The van der Waals surface area contributed by atoms with Gasteiger partial charge in [-0.1, -0.05) is 6.07 Å². The SMILES string of the molecule is COc1cccc(C=NNC(=O)c2ccc([N+](=O)[O-])cc2)c1OC. The molecule has 1 amide bonds. The van der Waals surface area contributed by atoms with Crippen molar-refractivity contribution in [1.29, 1.82) is 0 Å². The van der Waals surface area contributed by atoms with Gasteiger partial charge in [0, 0.05) is 23.3 Å². The highest BCUT2D eigenvalue weighted by molar-refractivity contribution is 5.95. The summed E-state index contributed by atoms with van der Waals surface area (Å²) in [5, 5.41) is 14.4. The summed E-state index contributed by atoms with van der Waals surface area (Å²) in [7, 11) is 3.03. The van der Waals surface area contributed by atoms with E-state index in [0.29, 0.717) is 17.1 Å². The standard InChI is InChI=1S/C16H15N3O5/c1-23-14-5-3-4-12(15(14)24-2)10-17-18-16(20)11-6-8-13(9-7-11)19(21)22/h3-10H,1-2H3,(H,18,20). The molecule has 0 fully saturated rings. The molecular weight excluding hydrogens is 314 g/mol. The monoisotopic (exact) mass is 329 g/mol. The molecule has 8 heteroatoms. The van der Waals surface area contributed by atoms with Crippen LogP contribution in [-0.2, 0) is 0 Å². The van der Waals surface area contributed by atoms with Crippen LogP contribution in [0.2, 0.25) is 0 Å². The lowest BCUT2D eigenvalue weighted by atomic mass is 10.2. The molecule has 0 heterocycles. The Hall–Kier alpha value is -3.42. The number of para-hydroxylation sites is 1. The van der Waals surface area contributed by atoms with Gasteiger partial charge in [0.1, 0.15) is 0 Å². The van der Waals surface area contributed by atoms with Gasteiger partial charge in [-0.2, -0.15) is 5.10 Å². The minimum atomic E-state index is -0.533. The first kappa shape index (κ1) is 16.9. The van der Waals surface area contributed by atoms with Crippen LogP contribution in [0.1, 0.15) is 15.9 Å². The minimum absolute atomic E-state index is 0.0869. The van der Waals surface area contributed by atoms with E-state index in [1.165, 1.54) is 44.7 Å². The topological polar surface area (TPSA) is 103 Å². The maximum absolute atomic E-state index is 11.9. The first-order valence-electron chi connectivity index (χ1n) is 6.85. The molecule has 0 spiro atoms. The molecule has 0 aromatic heterocycles. The molecule has 0 saturated heterocycles. The van der Waals surface area contributed by atoms with Gasteiger partial charge in [0.25, 0.3) is 11.6 Å². The van der Waals surface area contributed by atoms with E-state index in [9.17, 15) is 14.9 Å². The number of benzene rings is 2. The molecule has 8 nitrogen and oxygen atoms in total. The van der Waals surface area contributed by atoms with Crippen molar-refractivity contribution in [3.05, 3.63) is 63.7 Å². The number of carbonyl (C=O) groups is 1. The number of ether oxygens (including phenoxy) is 2. The number of non-ortho nitro benzene ring substituents is 1. The van der Waals surface area contributed by atoms with Crippen LogP contribution in [0.15, 0.2) is 47.6 Å². The normalized spacial score (nSPS) is 10.4. The number of methoxy groups -OCH3 is 2. The average molecular weight is 329 g/mol. The van der Waals surface area contributed by atoms with Crippen molar-refractivity contribution in [2.24, 2.45) is 5.10 Å². The Morgan fingerprint density at radius 1 is 1.17 bits per heavy atom. The van der Waals surface area contributed by atoms with Gasteiger partial charge in [-0.05, 0) is 24.3 Å². The third-order valence-corrected chi connectivity index (χ3v) is 3.14. The summed E-state index contributed by atoms with van der Waals surface area (Å²) in [4.78, 5) is 22.0. The Bertz CT molecular complexity index is 772. The summed E-state index contributed by atoms with van der Waals surface area (Å²) in [5.41, 5.74) is 3.15. The first-order chi connectivity index (χ1) is 11.6. The van der Waals surface area contributed by atoms with E-state index < -0.39 is 10.8 Å². The molecule has 0 bridgehead atoms. The van der Waals surface area contributed by atoms with E-state index in [1.54, 1.807) is 18.2 Å². The van der Waals surface area contributed by atoms with Gasteiger partial charge in [0.15, 0.2) is 11.5 Å². The second-order valence-electron chi connectivity index (χ2n) is 4.59. The van der Waals surface area contributed by atoms with Crippen molar-refractivity contribution < 1.29 is 19.2 Å². The number of carbonyl (C=O) groups excluding carboxylic acids is 1. The van der Waals surface area contributed by atoms with Crippen molar-refractivity contribution in [2.75, 3.05) is 14.2 Å². The van der Waals surface area contributed by atoms with E-state index in [1.807, 2.05) is 0 Å². The molecule has 0 unspecified atom stereocenters. The zero-order chi connectivity index (χ0) is 17.5. The third kappa shape index (κ3) is 3.86. The molecule has 2 aromatic rings. The number of rotatable bonds is 6. The van der Waals surface area contributed by atoms with Crippen molar-refractivity contribution in [1.82, 2.24) is 5.43 Å². The van der Waals surface area contributed by atoms with E-state index in [2.05, 4.69) is 10.5 Å². The van der Waals surface area contributed by atoms with Gasteiger partial charge < -0.3 is 9.47 Å². The molecule has 124 valence electrons. The number of hydrogen-bond donors (Lipinski definition) is 1. The summed E-state index contributed by atoms with van der Waals surface area (Å²) in [6.07, 6.45) is 1.42. The number of amides is 1. The van der Waals surface area contributed by atoms with Crippen LogP contribution in [-0.4, -0.2) is 31.3 Å². The van der Waals surface area contributed by atoms with Crippen LogP contribution in [0, 0.1) is 10.1 Å². The van der Waals surface area contributed by atoms with Crippen molar-refractivity contribution in [2.45, 2.75) is 0 Å². The maximum atomic E-state index is 11.9. The van der Waals surface area contributed by atoms with Crippen LogP contribution in [0.4, 0.5) is 5.69 Å². The van der Waals surface area contributed by atoms with Crippen molar-refractivity contribution >= 4 is 17.8 Å². The van der Waals surface area contributed by atoms with E-state index in [-0.39, 0.29) is 11.3 Å². The van der Waals surface area contributed by atoms with Crippen LogP contribution < -0.4 is 14.9 Å². The molecule has 2 aromatic carbocycles. The fraction of sp³-hybridized carbons (Fsp3) is 0.125. The Kier molecular flexibility index (Phi) is 5.45. The summed E-state index contributed by atoms with van der Waals surface area (Å²) in [6.45, 7) is 0. The number of hydrogen-bond acceptors (Lipinski definition) is 6. The lowest BCUT2D eigenvalue weighted by Gasteiger charge is -2.09. The van der Waals surface area contributed by atoms with Crippen LogP contribution in [0.3, 0.4) is 0 Å². The van der Waals surface area contributed by atoms with Crippen LogP contribution in [0.5, 0.6) is 11.5 Å². The molecule has 0 atom stereocenters. The highest BCUT2D eigenvalue weighted by atomic mass is 16.6. The van der Waals surface area contributed by atoms with Crippen LogP contribution >= 0.6 is 0 Å². The first-order valence-corrected chi connectivity index (χ1v) is 6.85. The van der Waals surface area contributed by atoms with Gasteiger partial charge in [-0.15, -0.1) is 0 Å². The molecule has 0 aliphatic heterocycles. The van der Waals surface area contributed by atoms with Crippen LogP contribution in [0.25, 0.3) is 0 Å². The molecule has 0 aliphatic carbocycles. The highest BCUT2D eigenvalue weighted by Crippen LogP contribution is 2.29. The molecule has 24 heavy (non-hydrogen) atoms. The fourth-order valence-electron chi connectivity index (χ4n) is 1.97. The number of nitro benzene ring substituents is 1. The van der Waals surface area contributed by atoms with E-state index in [0.717, 1.165) is 0 Å². The largest absolute Gasteiger partial charge is 0.493 e. The molecule has 0 radical (unpaired) electrons. The van der Waals surface area contributed by atoms with Gasteiger partial charge >= 0.3 is 0 Å². The lowest BCUT2D eigenvalue weighted by molar-refractivity contribution is -0.384. The Morgan fingerprint density at radius 3 is 2.46 bits per heavy atom. The molecule has 2 rings (SSSR count). The molecular formula is C16H15N3O5. The number of nitrogens with zero attached hydrogens (tertiary/aromatic N) is 2. The number of nitrogens with one attached hydrogen (secondary N) is 1. The Labute approximate surface area is 137 Å². The summed E-state index contributed by atoms with van der Waals surface area (Å²) in [5.74, 6) is 0.555. The second kappa shape index (κ2) is 7.73. The highest BCUT2D eigenvalue weighted by Gasteiger charge is 2.10. The van der Waals surface area contributed by atoms with E-state index >= 15 is 0 Å². The molecule has 0 saturated carbocycles. The van der Waals surface area contributed by atoms with Crippen molar-refractivity contribution in [3.63, 3.8) is 0 Å². The zero-order valence-electron chi connectivity index (χ0n) is 13.1. The second-order valence-corrected chi connectivity index (χ2v) is 4.59. The molecule has 0 aliphatic rings. The quantitative estimate of drug-likeness (QED) is 0.498. The van der Waals surface area contributed by atoms with Gasteiger partial charge in [-0.3, -0.25) is 14.9 Å². The molecule has 1 N–H and O–H groups in total. The predicted molar refractivity (Wildman–Crippen MR) is 87.7 cm³/mol.